The van der Waals surface area contributed by atoms with Gasteiger partial charge in [0.1, 0.15) is 59.7 Å². The number of ether oxygens (including phenoxy) is 1. The number of hydrogen-bond acceptors (Lipinski definition) is 19. The van der Waals surface area contributed by atoms with E-state index in [0.29, 0.717) is 63.4 Å². The first-order chi connectivity index (χ1) is 67.1. The van der Waals surface area contributed by atoms with Crippen molar-refractivity contribution in [2.45, 2.75) is 181 Å². The van der Waals surface area contributed by atoms with Crippen LogP contribution in [0.3, 0.4) is 0 Å². The molecular formula is C101H119Br7Cl5F2MgN15O10S2. The summed E-state index contributed by atoms with van der Waals surface area (Å²) in [6.45, 7) is 32.2. The number of fused-ring (bicyclic) bond motifs is 2. The van der Waals surface area contributed by atoms with Gasteiger partial charge in [0.25, 0.3) is 5.91 Å². The first-order valence-electron chi connectivity index (χ1n) is 44.0. The van der Waals surface area contributed by atoms with Crippen molar-refractivity contribution in [3.63, 3.8) is 0 Å². The van der Waals surface area contributed by atoms with Crippen LogP contribution in [0.5, 0.6) is 0 Å². The number of amides is 1. The predicted molar refractivity (Wildman–Crippen MR) is 601 cm³/mol. The van der Waals surface area contributed by atoms with E-state index in [1.807, 2.05) is 136 Å². The van der Waals surface area contributed by atoms with E-state index in [9.17, 15) is 41.2 Å². The Morgan fingerprint density at radius 3 is 1.17 bits per heavy atom. The number of Topliss-reactive ketones (excluding diaryl/α,β-unsaturated/α-hetero) is 2. The Kier molecular flexibility index (Phi) is 72.0. The molecule has 10 heterocycles. The number of ketones is 2. The Balaban J connectivity index is 0.00000161. The third-order valence-corrected chi connectivity index (χ3v) is 25.2. The van der Waals surface area contributed by atoms with Crippen LogP contribution in [0.4, 0.5) is 8.78 Å². The topological polar surface area (TPSA) is 357 Å². The van der Waals surface area contributed by atoms with E-state index in [4.69, 9.17) is 67.1 Å². The number of carbonyl (C=O) groups is 5. The fourth-order valence-electron chi connectivity index (χ4n) is 11.0. The molecule has 42 heteroatoms. The van der Waals surface area contributed by atoms with Crippen molar-refractivity contribution in [2.24, 2.45) is 10.1 Å². The van der Waals surface area contributed by atoms with E-state index in [1.165, 1.54) is 55.6 Å². The summed E-state index contributed by atoms with van der Waals surface area (Å²) < 4.78 is 70.7. The molecule has 9 aromatic heterocycles. The van der Waals surface area contributed by atoms with Gasteiger partial charge in [0, 0.05) is 133 Å². The number of aromatic carboxylic acids is 1. The van der Waals surface area contributed by atoms with Crippen LogP contribution in [0, 0.1) is 18.6 Å². The fourth-order valence-corrected chi connectivity index (χ4v) is 14.3. The van der Waals surface area contributed by atoms with Crippen molar-refractivity contribution >= 4 is 260 Å². The number of pyridine rings is 7. The largest absolute Gasteiger partial charge is 2.00 e. The summed E-state index contributed by atoms with van der Waals surface area (Å²) in [7, 11) is -1.29. The maximum absolute atomic E-state index is 13.2. The number of nitrogens with two attached hydrogens (primary N) is 1. The Morgan fingerprint density at radius 2 is 0.867 bits per heavy atom. The normalized spacial score (nSPS) is 11.9. The van der Waals surface area contributed by atoms with Crippen LogP contribution in [-0.2, 0) is 26.7 Å². The molecule has 6 N–H and O–H groups in total. The van der Waals surface area contributed by atoms with Gasteiger partial charge in [-0.3, -0.25) is 19.2 Å². The van der Waals surface area contributed by atoms with Gasteiger partial charge in [0.2, 0.25) is 0 Å². The van der Waals surface area contributed by atoms with Gasteiger partial charge in [0.05, 0.1) is 78.2 Å². The summed E-state index contributed by atoms with van der Waals surface area (Å²) in [6, 6.07) is 48.3. The van der Waals surface area contributed by atoms with E-state index in [2.05, 4.69) is 192 Å². The molecule has 770 valence electrons. The summed E-state index contributed by atoms with van der Waals surface area (Å²) in [6.07, 6.45) is 22.6. The van der Waals surface area contributed by atoms with Gasteiger partial charge in [-0.1, -0.05) is 71.9 Å². The Hall–Kier alpha value is -6.93. The van der Waals surface area contributed by atoms with E-state index in [1.54, 1.807) is 139 Å². The van der Waals surface area contributed by atoms with Crippen LogP contribution >= 0.6 is 158 Å². The number of rotatable bonds is 22. The quantitative estimate of drug-likeness (QED) is 0.00800. The number of aldehydes is 1. The van der Waals surface area contributed by atoms with Gasteiger partial charge >= 0.3 is 29.0 Å². The number of halogens is 14. The SMILES string of the molecule is C1CCOC1.CC(Cl)Cl.CCC(=N[S@](=O)C(C)(C)C)c1ccc(Br)nc1.CCC(=O)c1ccc(Br)nc1.CCC(=O)c1ccc(Br)nc1.CC[C@H](N)c1ccc(Br)nc1.CC[C@H](NC(=O)c1cccc2c1cnn2-c1ccc(F)cc1)c1ccc(Br)nc1.CC[C@H](N[S@](=O)C(C)(C)C)c1ccc(Br)nc1.CO.ClCCCl.O=C(O)c1cccc2c1cnn2-c1ccc(F)cc1.O=Cc1ccc(Br)nc1.[CH2-]C.[Cl-].[Mg+2]. The van der Waals surface area contributed by atoms with E-state index >= 15 is 0 Å². The molecule has 1 saturated heterocycles. The zero-order valence-electron chi connectivity index (χ0n) is 81.9. The van der Waals surface area contributed by atoms with Crippen molar-refractivity contribution in [1.29, 1.82) is 0 Å². The Labute approximate surface area is 944 Å². The molecule has 0 saturated carbocycles. The van der Waals surface area contributed by atoms with Crippen LogP contribution in [0.15, 0.2) is 262 Å². The van der Waals surface area contributed by atoms with Gasteiger partial charge in [-0.15, -0.1) is 46.4 Å². The number of hydrogen-bond donors (Lipinski definition) is 5. The molecule has 4 aromatic carbocycles. The van der Waals surface area contributed by atoms with Gasteiger partial charge in [-0.05, 0) is 355 Å². The Morgan fingerprint density at radius 1 is 0.510 bits per heavy atom. The van der Waals surface area contributed by atoms with Gasteiger partial charge in [-0.25, -0.2) is 71.0 Å². The molecule has 1 fully saturated rings. The summed E-state index contributed by atoms with van der Waals surface area (Å²) in [5, 5.41) is 29.1. The maximum Gasteiger partial charge on any atom is 2.00 e. The molecule has 25 nitrogen and oxygen atoms in total. The molecular weight excluding hydrogens is 2450 g/mol. The van der Waals surface area contributed by atoms with E-state index in [-0.39, 0.29) is 103 Å². The number of carbonyl (C=O) groups excluding carboxylic acids is 4. The number of nitrogens with zero attached hydrogens (tertiary/aromatic N) is 12. The monoisotopic (exact) mass is 2560 g/mol. The second-order valence-electron chi connectivity index (χ2n) is 30.7. The van der Waals surface area contributed by atoms with Crippen LogP contribution < -0.4 is 28.2 Å². The second kappa shape index (κ2) is 75.7. The second-order valence-corrected chi connectivity index (χ2v) is 42.5. The molecule has 0 spiro atoms. The van der Waals surface area contributed by atoms with Gasteiger partial charge in [-0.2, -0.15) is 21.5 Å². The predicted octanol–water partition coefficient (Wildman–Crippen LogP) is 24.8. The number of carboxylic acid groups (broad SMARTS) is 1. The molecule has 14 rings (SSSR count). The van der Waals surface area contributed by atoms with Crippen molar-refractivity contribution in [2.75, 3.05) is 32.1 Å². The summed E-state index contributed by atoms with van der Waals surface area (Å²) in [5.74, 6) is -0.434. The zero-order chi connectivity index (χ0) is 106. The third-order valence-electron chi connectivity index (χ3n) is 18.3. The molecule has 5 atom stereocenters. The van der Waals surface area contributed by atoms with Crippen LogP contribution in [0.25, 0.3) is 33.2 Å². The molecule has 0 bridgehead atoms. The minimum absolute atomic E-state index is 0. The molecule has 13 aromatic rings. The molecule has 1 amide bonds. The van der Waals surface area contributed by atoms with Crippen LogP contribution in [0.1, 0.15) is 240 Å². The molecule has 0 unspecified atom stereocenters. The zero-order valence-corrected chi connectivity index (χ0v) is 99.8. The standard InChI is InChI=1S/C22H18BrFN4O.C14H9FN2O2.C12H19BrN2OS.C12H17BrN2OS.C8H11BrN2.2C8H8BrNO.C6H4BrNO.C4H8O.2C2H4Cl2.C2H5.CH4O.ClH.Mg/c1-2-19(14-6-11-21(23)25-12-14)27-22(29)17-4-3-5-20-18(17)13-26-28(20)16-9-7-15(24)8-10-16;15-9-4-6-10(7-5-9)17-13-3-1-2-11(14(18)19)12(13)8-16-17;2*1-5-10(15-17(16)12(2,3)4)9-6-7-11(13)14-8-9;1-2-7(10)6-3-4-8(9)11-5-6;2*1-2-7(11)6-3-4-8(9)10-5-6;7-6-2-1-5(4-9)3-8-6;1-2-4-5-3-1;1-2(3)4;3-1-2-4;2*1-2;;/h3-13,19H,2H2,1H3,(H,27,29);1-8H,(H,18,19);6-8,10,15H,5H2,1-4H3;6-8H,5H2,1-4H3;3-5,7H,2,10H2,1H3;2*3-5H,2H2,1H3;1-4H;1-4H2;2H,1H3;1-2H2;1H2,2H3;2H,1H3;1H;/q;;;;;;;;;;;-1;;;+2/p-1/t19-;;10-,17+;17-;7-;;;;;;;;;;/m0.010........../s1. The molecule has 1 aliphatic rings. The number of benzene rings is 4. The van der Waals surface area contributed by atoms with Crippen molar-refractivity contribution in [3.05, 3.63) is 326 Å². The number of aromatic nitrogens is 11. The van der Waals surface area contributed by atoms with Crippen molar-refractivity contribution < 1.29 is 68.5 Å². The first kappa shape index (κ1) is 136. The Bertz CT molecular complexity index is 5840. The van der Waals surface area contributed by atoms with Crippen LogP contribution in [0.2, 0.25) is 0 Å². The van der Waals surface area contributed by atoms with E-state index in [0.717, 1.165) is 129 Å². The van der Waals surface area contributed by atoms with Gasteiger partial charge < -0.3 is 45.3 Å². The minimum Gasteiger partial charge on any atom is -1.00 e. The molecule has 0 radical (unpaired) electrons. The molecule has 143 heavy (non-hydrogen) atoms. The third kappa shape index (κ3) is 52.7. The number of aliphatic hydroxyl groups excluding tert-OH is 1. The van der Waals surface area contributed by atoms with Gasteiger partial charge in [0.15, 0.2) is 17.9 Å². The first-order valence-corrected chi connectivity index (χ1v) is 53.7. The average Bonchev–Trinajstić information content (AvgIpc) is 1.64. The van der Waals surface area contributed by atoms with Crippen molar-refractivity contribution in [1.82, 2.24) is 64.5 Å². The maximum atomic E-state index is 13.2. The van der Waals surface area contributed by atoms with E-state index < -0.39 is 27.9 Å². The fraction of sp³-hybridized carbons (Fsp3) is 0.327. The van der Waals surface area contributed by atoms with Crippen LogP contribution in [-0.4, -0.2) is 178 Å². The minimum atomic E-state index is -1.22. The number of nitrogens with one attached hydrogen (secondary N) is 2. The number of carboxylic acids is 1. The number of alkyl halides is 4. The smallest absolute Gasteiger partial charge is 1.00 e. The van der Waals surface area contributed by atoms with Crippen molar-refractivity contribution in [3.8, 4) is 11.4 Å². The summed E-state index contributed by atoms with van der Waals surface area (Å²) in [4.78, 5) is 84.5. The molecule has 0 aliphatic carbocycles. The average molecular weight is 2570 g/mol. The molecule has 1 aliphatic heterocycles. The summed E-state index contributed by atoms with van der Waals surface area (Å²) >= 11 is 42.9. The number of aliphatic hydroxyl groups is 1. The summed E-state index contributed by atoms with van der Waals surface area (Å²) in [5.41, 5.74) is 16.2.